The Kier molecular flexibility index (Phi) is 4.96. The Hall–Kier alpha value is -0.870. The van der Waals surface area contributed by atoms with Crippen molar-refractivity contribution in [2.45, 2.75) is 69.9 Å². The van der Waals surface area contributed by atoms with Gasteiger partial charge in [-0.05, 0) is 48.6 Å². The van der Waals surface area contributed by atoms with Gasteiger partial charge in [-0.3, -0.25) is 4.79 Å². The van der Waals surface area contributed by atoms with Gasteiger partial charge in [0.2, 0.25) is 5.91 Å². The van der Waals surface area contributed by atoms with Gasteiger partial charge < -0.3 is 11.1 Å². The average Bonchev–Trinajstić information content (AvgIpc) is 2.98. The van der Waals surface area contributed by atoms with Gasteiger partial charge in [-0.2, -0.15) is 0 Å². The Morgan fingerprint density at radius 3 is 2.90 bits per heavy atom. The summed E-state index contributed by atoms with van der Waals surface area (Å²) in [6.07, 6.45) is 10.7. The van der Waals surface area contributed by atoms with Gasteiger partial charge in [0.25, 0.3) is 0 Å². The first-order valence-electron chi connectivity index (χ1n) is 8.36. The Bertz CT molecular complexity index is 479. The van der Waals surface area contributed by atoms with Crippen molar-refractivity contribution in [2.75, 3.05) is 0 Å². The quantitative estimate of drug-likeness (QED) is 0.894. The number of amides is 1. The molecule has 0 saturated heterocycles. The normalized spacial score (nSPS) is 24.3. The van der Waals surface area contributed by atoms with Gasteiger partial charge >= 0.3 is 0 Å². The Morgan fingerprint density at radius 1 is 1.29 bits per heavy atom. The number of nitrogens with two attached hydrogens (primary N) is 1. The first-order valence-corrected chi connectivity index (χ1v) is 9.24. The zero-order chi connectivity index (χ0) is 14.7. The molecule has 0 radical (unpaired) electrons. The van der Waals surface area contributed by atoms with Crippen molar-refractivity contribution in [3.05, 3.63) is 21.9 Å². The van der Waals surface area contributed by atoms with Crippen LogP contribution < -0.4 is 11.1 Å². The van der Waals surface area contributed by atoms with Gasteiger partial charge in [0.1, 0.15) is 0 Å². The fourth-order valence-corrected chi connectivity index (χ4v) is 4.79. The lowest BCUT2D eigenvalue weighted by molar-refractivity contribution is -0.123. The van der Waals surface area contributed by atoms with E-state index < -0.39 is 0 Å². The van der Waals surface area contributed by atoms with Crippen LogP contribution in [0.1, 0.15) is 67.8 Å². The summed E-state index contributed by atoms with van der Waals surface area (Å²) in [5, 5.41) is 5.33. The molecule has 2 aliphatic rings. The fourth-order valence-electron chi connectivity index (χ4n) is 3.80. The number of fused-ring (bicyclic) bond motifs is 1. The molecule has 0 aromatic carbocycles. The monoisotopic (exact) mass is 306 g/mol. The number of thiophene rings is 1. The molecule has 2 unspecified atom stereocenters. The number of carbonyl (C=O) groups excluding carboxylic acids is 1. The van der Waals surface area contributed by atoms with Crippen molar-refractivity contribution in [3.63, 3.8) is 0 Å². The minimum absolute atomic E-state index is 0.0459. The third kappa shape index (κ3) is 3.67. The van der Waals surface area contributed by atoms with E-state index in [-0.39, 0.29) is 18.0 Å². The van der Waals surface area contributed by atoms with E-state index in [0.717, 1.165) is 25.7 Å². The van der Waals surface area contributed by atoms with Crippen molar-refractivity contribution in [2.24, 2.45) is 11.7 Å². The highest BCUT2D eigenvalue weighted by atomic mass is 32.1. The molecule has 3 nitrogen and oxygen atoms in total. The number of rotatable bonds is 4. The second kappa shape index (κ2) is 6.93. The lowest BCUT2D eigenvalue weighted by Gasteiger charge is -2.27. The van der Waals surface area contributed by atoms with Gasteiger partial charge in [0, 0.05) is 4.88 Å². The topological polar surface area (TPSA) is 55.1 Å². The number of nitrogens with one attached hydrogen (secondary N) is 1. The molecule has 21 heavy (non-hydrogen) atoms. The molecular formula is C17H26N2OS. The van der Waals surface area contributed by atoms with Gasteiger partial charge in [0.15, 0.2) is 0 Å². The van der Waals surface area contributed by atoms with Crippen molar-refractivity contribution in [1.82, 2.24) is 5.32 Å². The van der Waals surface area contributed by atoms with Gasteiger partial charge in [-0.25, -0.2) is 0 Å². The number of hydrogen-bond donors (Lipinski definition) is 2. The minimum Gasteiger partial charge on any atom is -0.348 e. The zero-order valence-electron chi connectivity index (χ0n) is 12.6. The maximum atomic E-state index is 12.4. The van der Waals surface area contributed by atoms with Crippen LogP contribution in [0, 0.1) is 5.92 Å². The van der Waals surface area contributed by atoms with E-state index in [0.29, 0.717) is 5.92 Å². The predicted molar refractivity (Wildman–Crippen MR) is 87.3 cm³/mol. The van der Waals surface area contributed by atoms with Gasteiger partial charge in [-0.1, -0.05) is 32.1 Å². The van der Waals surface area contributed by atoms with Crippen LogP contribution in [0.25, 0.3) is 0 Å². The summed E-state index contributed by atoms with van der Waals surface area (Å²) in [6.45, 7) is 0. The molecule has 1 amide bonds. The number of hydrogen-bond acceptors (Lipinski definition) is 3. The summed E-state index contributed by atoms with van der Waals surface area (Å²) in [7, 11) is 0. The molecule has 0 spiro atoms. The summed E-state index contributed by atoms with van der Waals surface area (Å²) < 4.78 is 0. The molecule has 1 heterocycles. The molecule has 3 rings (SSSR count). The standard InChI is InChI=1S/C17H26N2OS/c18-14(11-12-5-2-1-3-6-12)17(20)19-15-7-4-8-16-13(15)9-10-21-16/h9-10,12,14-15H,1-8,11,18H2,(H,19,20). The summed E-state index contributed by atoms with van der Waals surface area (Å²) >= 11 is 1.81. The molecule has 2 atom stereocenters. The Labute approximate surface area is 131 Å². The third-order valence-electron chi connectivity index (χ3n) is 5.02. The molecular weight excluding hydrogens is 280 g/mol. The molecule has 116 valence electrons. The van der Waals surface area contributed by atoms with Crippen molar-refractivity contribution < 1.29 is 4.79 Å². The van der Waals surface area contributed by atoms with Crippen molar-refractivity contribution in [1.29, 1.82) is 0 Å². The Morgan fingerprint density at radius 2 is 2.10 bits per heavy atom. The van der Waals surface area contributed by atoms with Crippen LogP contribution in [0.4, 0.5) is 0 Å². The fraction of sp³-hybridized carbons (Fsp3) is 0.706. The lowest BCUT2D eigenvalue weighted by Crippen LogP contribution is -2.44. The third-order valence-corrected chi connectivity index (χ3v) is 6.01. The molecule has 1 aromatic heterocycles. The van der Waals surface area contributed by atoms with Crippen LogP contribution in [0.2, 0.25) is 0 Å². The minimum atomic E-state index is -0.336. The SMILES string of the molecule is NC(CC1CCCCC1)C(=O)NC1CCCc2sccc21. The van der Waals surface area contributed by atoms with Gasteiger partial charge in [0.05, 0.1) is 12.1 Å². The second-order valence-corrected chi connectivity index (χ2v) is 7.60. The van der Waals surface area contributed by atoms with Crippen LogP contribution in [0.5, 0.6) is 0 Å². The zero-order valence-corrected chi connectivity index (χ0v) is 13.5. The van der Waals surface area contributed by atoms with Crippen molar-refractivity contribution >= 4 is 17.2 Å². The van der Waals surface area contributed by atoms with E-state index in [1.807, 2.05) is 11.3 Å². The maximum Gasteiger partial charge on any atom is 0.237 e. The van der Waals surface area contributed by atoms with Crippen LogP contribution in [0.3, 0.4) is 0 Å². The summed E-state index contributed by atoms with van der Waals surface area (Å²) in [6, 6.07) is 2.01. The van der Waals surface area contributed by atoms with E-state index >= 15 is 0 Å². The first kappa shape index (κ1) is 15.0. The van der Waals surface area contributed by atoms with E-state index in [1.54, 1.807) is 0 Å². The maximum absolute atomic E-state index is 12.4. The van der Waals surface area contributed by atoms with Crippen molar-refractivity contribution in [3.8, 4) is 0 Å². The summed E-state index contributed by atoms with van der Waals surface area (Å²) in [4.78, 5) is 13.8. The van der Waals surface area contributed by atoms with E-state index in [4.69, 9.17) is 5.73 Å². The molecule has 0 aliphatic heterocycles. The highest BCUT2D eigenvalue weighted by molar-refractivity contribution is 7.10. The lowest BCUT2D eigenvalue weighted by atomic mass is 9.84. The molecule has 1 fully saturated rings. The molecule has 2 aliphatic carbocycles. The van der Waals surface area contributed by atoms with E-state index in [1.165, 1.54) is 42.5 Å². The first-order chi connectivity index (χ1) is 10.2. The average molecular weight is 306 g/mol. The van der Waals surface area contributed by atoms with Crippen LogP contribution in [0.15, 0.2) is 11.4 Å². The molecule has 1 saturated carbocycles. The summed E-state index contributed by atoms with van der Waals surface area (Å²) in [5.74, 6) is 0.701. The second-order valence-electron chi connectivity index (χ2n) is 6.60. The largest absolute Gasteiger partial charge is 0.348 e. The van der Waals surface area contributed by atoms with Crippen LogP contribution in [-0.4, -0.2) is 11.9 Å². The summed E-state index contributed by atoms with van der Waals surface area (Å²) in [5.41, 5.74) is 7.47. The van der Waals surface area contributed by atoms with Gasteiger partial charge in [-0.15, -0.1) is 11.3 Å². The highest BCUT2D eigenvalue weighted by Gasteiger charge is 2.26. The Balaban J connectivity index is 1.54. The van der Waals surface area contributed by atoms with Crippen LogP contribution >= 0.6 is 11.3 Å². The van der Waals surface area contributed by atoms with Crippen LogP contribution in [-0.2, 0) is 11.2 Å². The smallest absolute Gasteiger partial charge is 0.237 e. The molecule has 4 heteroatoms. The van der Waals surface area contributed by atoms with E-state index in [2.05, 4.69) is 16.8 Å². The predicted octanol–water partition coefficient (Wildman–Crippen LogP) is 3.54. The molecule has 0 bridgehead atoms. The van der Waals surface area contributed by atoms with E-state index in [9.17, 15) is 4.79 Å². The molecule has 3 N–H and O–H groups in total. The number of aryl methyl sites for hydroxylation is 1. The molecule has 1 aromatic rings. The number of carbonyl (C=O) groups is 1. The highest BCUT2D eigenvalue weighted by Crippen LogP contribution is 2.33.